The van der Waals surface area contributed by atoms with Crippen LogP contribution in [0.15, 0.2) is 42.7 Å². The zero-order valence-electron chi connectivity index (χ0n) is 14.1. The highest BCUT2D eigenvalue weighted by Crippen LogP contribution is 2.30. The smallest absolute Gasteiger partial charge is 0.162 e. The van der Waals surface area contributed by atoms with E-state index in [9.17, 15) is 5.11 Å². The van der Waals surface area contributed by atoms with Gasteiger partial charge in [0, 0.05) is 44.1 Å². The van der Waals surface area contributed by atoms with E-state index < -0.39 is 0 Å². The van der Waals surface area contributed by atoms with Gasteiger partial charge in [0.2, 0.25) is 0 Å². The largest absolute Gasteiger partial charge is 0.504 e. The number of rotatable bonds is 8. The van der Waals surface area contributed by atoms with Crippen LogP contribution in [0.3, 0.4) is 0 Å². The van der Waals surface area contributed by atoms with Gasteiger partial charge < -0.3 is 14.7 Å². The van der Waals surface area contributed by atoms with Gasteiger partial charge >= 0.3 is 0 Å². The lowest BCUT2D eigenvalue weighted by Crippen LogP contribution is -2.31. The van der Waals surface area contributed by atoms with E-state index in [0.29, 0.717) is 12.3 Å². The highest BCUT2D eigenvalue weighted by atomic mass is 16.5. The summed E-state index contributed by atoms with van der Waals surface area (Å²) in [4.78, 5) is 8.63. The number of nitrogens with zero attached hydrogens (tertiary/aromatic N) is 3. The fraction of sp³-hybridized carbons (Fsp3) is 0.389. The molecule has 0 bridgehead atoms. The number of hydrogen-bond donors (Lipinski definition) is 1. The van der Waals surface area contributed by atoms with Crippen molar-refractivity contribution in [1.82, 2.24) is 14.8 Å². The molecule has 0 aliphatic heterocycles. The van der Waals surface area contributed by atoms with E-state index in [2.05, 4.69) is 34.9 Å². The maximum absolute atomic E-state index is 10.3. The molecule has 2 rings (SSSR count). The molecule has 0 aliphatic carbocycles. The molecule has 0 saturated heterocycles. The number of likely N-dealkylation sites (N-methyl/N-ethyl adjacent to an activating group) is 1. The van der Waals surface area contributed by atoms with Crippen LogP contribution in [0.4, 0.5) is 0 Å². The normalized spacial score (nSPS) is 11.2. The Morgan fingerprint density at radius 1 is 1.09 bits per heavy atom. The van der Waals surface area contributed by atoms with Gasteiger partial charge in [-0.15, -0.1) is 0 Å². The van der Waals surface area contributed by atoms with Gasteiger partial charge in [0.15, 0.2) is 11.5 Å². The Bertz CT molecular complexity index is 602. The number of para-hydroxylation sites is 1. The van der Waals surface area contributed by atoms with Gasteiger partial charge in [-0.05, 0) is 31.8 Å². The van der Waals surface area contributed by atoms with Crippen LogP contribution in [0.5, 0.6) is 11.5 Å². The van der Waals surface area contributed by atoms with Gasteiger partial charge in [0.1, 0.15) is 0 Å². The predicted octanol–water partition coefficient (Wildman–Crippen LogP) is 2.36. The summed E-state index contributed by atoms with van der Waals surface area (Å²) < 4.78 is 5.20. The molecule has 0 amide bonds. The van der Waals surface area contributed by atoms with Crippen molar-refractivity contribution in [2.75, 3.05) is 34.3 Å². The van der Waals surface area contributed by atoms with Crippen molar-refractivity contribution in [3.63, 3.8) is 0 Å². The van der Waals surface area contributed by atoms with Crippen LogP contribution in [0.1, 0.15) is 11.1 Å². The summed E-state index contributed by atoms with van der Waals surface area (Å²) in [6.45, 7) is 3.30. The highest BCUT2D eigenvalue weighted by Gasteiger charge is 2.13. The van der Waals surface area contributed by atoms with Crippen LogP contribution >= 0.6 is 0 Å². The van der Waals surface area contributed by atoms with E-state index in [-0.39, 0.29) is 5.75 Å². The molecule has 0 aliphatic rings. The highest BCUT2D eigenvalue weighted by molar-refractivity contribution is 5.45. The first-order valence-corrected chi connectivity index (χ1v) is 7.71. The number of pyridine rings is 1. The van der Waals surface area contributed by atoms with E-state index in [1.165, 1.54) is 0 Å². The van der Waals surface area contributed by atoms with Gasteiger partial charge in [0.25, 0.3) is 0 Å². The Morgan fingerprint density at radius 3 is 2.57 bits per heavy atom. The van der Waals surface area contributed by atoms with E-state index in [4.69, 9.17) is 4.74 Å². The molecule has 0 spiro atoms. The monoisotopic (exact) mass is 315 g/mol. The first kappa shape index (κ1) is 17.2. The second-order valence-corrected chi connectivity index (χ2v) is 5.84. The summed E-state index contributed by atoms with van der Waals surface area (Å²) in [5.74, 6) is 0.729. The van der Waals surface area contributed by atoms with Gasteiger partial charge in [0.05, 0.1) is 7.11 Å². The summed E-state index contributed by atoms with van der Waals surface area (Å²) in [6, 6.07) is 9.62. The Kier molecular flexibility index (Phi) is 6.38. The van der Waals surface area contributed by atoms with Gasteiger partial charge in [-0.25, -0.2) is 0 Å². The number of phenols is 1. The molecule has 5 heteroatoms. The molecule has 1 aromatic carbocycles. The molecule has 124 valence electrons. The van der Waals surface area contributed by atoms with Crippen molar-refractivity contribution >= 4 is 0 Å². The van der Waals surface area contributed by atoms with Crippen molar-refractivity contribution < 1.29 is 9.84 Å². The number of ether oxygens (including phenoxy) is 1. The van der Waals surface area contributed by atoms with Crippen LogP contribution in [0.2, 0.25) is 0 Å². The van der Waals surface area contributed by atoms with E-state index >= 15 is 0 Å². The van der Waals surface area contributed by atoms with Crippen molar-refractivity contribution in [3.05, 3.63) is 53.9 Å². The second kappa shape index (κ2) is 8.50. The molecule has 1 heterocycles. The van der Waals surface area contributed by atoms with E-state index in [0.717, 1.165) is 30.8 Å². The number of methoxy groups -OCH3 is 1. The second-order valence-electron chi connectivity index (χ2n) is 5.84. The van der Waals surface area contributed by atoms with Crippen molar-refractivity contribution in [1.29, 1.82) is 0 Å². The van der Waals surface area contributed by atoms with Crippen LogP contribution < -0.4 is 4.74 Å². The molecule has 0 atom stereocenters. The molecule has 0 unspecified atom stereocenters. The minimum absolute atomic E-state index is 0.219. The summed E-state index contributed by atoms with van der Waals surface area (Å²) in [5.41, 5.74) is 2.03. The third-order valence-electron chi connectivity index (χ3n) is 3.69. The van der Waals surface area contributed by atoms with Gasteiger partial charge in [-0.2, -0.15) is 0 Å². The first-order valence-electron chi connectivity index (χ1n) is 7.71. The lowest BCUT2D eigenvalue weighted by atomic mass is 10.1. The predicted molar refractivity (Wildman–Crippen MR) is 91.6 cm³/mol. The van der Waals surface area contributed by atoms with Crippen LogP contribution in [0, 0.1) is 0 Å². The molecular weight excluding hydrogens is 290 g/mol. The van der Waals surface area contributed by atoms with Crippen molar-refractivity contribution in [2.24, 2.45) is 0 Å². The lowest BCUT2D eigenvalue weighted by Gasteiger charge is -2.24. The topological polar surface area (TPSA) is 48.8 Å². The lowest BCUT2D eigenvalue weighted by molar-refractivity contribution is 0.223. The quantitative estimate of drug-likeness (QED) is 0.810. The average Bonchev–Trinajstić information content (AvgIpc) is 2.55. The number of phenolic OH excluding ortho intramolecular Hbond substituents is 1. The number of hydrogen-bond acceptors (Lipinski definition) is 5. The summed E-state index contributed by atoms with van der Waals surface area (Å²) in [5, 5.41) is 10.3. The maximum atomic E-state index is 10.3. The summed E-state index contributed by atoms with van der Waals surface area (Å²) in [6.07, 6.45) is 3.66. The number of aromatic hydroxyl groups is 1. The minimum atomic E-state index is 0.219. The molecular formula is C18H25N3O2. The Hall–Kier alpha value is -2.11. The average molecular weight is 315 g/mol. The Labute approximate surface area is 138 Å². The third-order valence-corrected chi connectivity index (χ3v) is 3.69. The van der Waals surface area contributed by atoms with Crippen molar-refractivity contribution in [3.8, 4) is 11.5 Å². The van der Waals surface area contributed by atoms with Crippen molar-refractivity contribution in [2.45, 2.75) is 13.1 Å². The fourth-order valence-corrected chi connectivity index (χ4v) is 2.41. The molecule has 0 fully saturated rings. The summed E-state index contributed by atoms with van der Waals surface area (Å²) >= 11 is 0. The molecule has 2 aromatic rings. The standard InChI is InChI=1S/C18H25N3O2/c1-20(2)10-11-21(13-15-6-5-9-19-12-15)14-16-7-4-8-17(23-3)18(16)22/h4-9,12,22H,10-11,13-14H2,1-3H3. The zero-order valence-corrected chi connectivity index (χ0v) is 14.1. The first-order chi connectivity index (χ1) is 11.1. The minimum Gasteiger partial charge on any atom is -0.504 e. The zero-order chi connectivity index (χ0) is 16.7. The Balaban J connectivity index is 2.13. The molecule has 0 saturated carbocycles. The third kappa shape index (κ3) is 5.23. The maximum Gasteiger partial charge on any atom is 0.162 e. The molecule has 1 N–H and O–H groups in total. The van der Waals surface area contributed by atoms with Crippen LogP contribution in [-0.2, 0) is 13.1 Å². The number of aromatic nitrogens is 1. The van der Waals surface area contributed by atoms with Crippen LogP contribution in [-0.4, -0.2) is 54.2 Å². The molecule has 23 heavy (non-hydrogen) atoms. The molecule has 5 nitrogen and oxygen atoms in total. The van der Waals surface area contributed by atoms with Gasteiger partial charge in [-0.3, -0.25) is 9.88 Å². The molecule has 1 aromatic heterocycles. The number of benzene rings is 1. The summed E-state index contributed by atoms with van der Waals surface area (Å²) in [7, 11) is 5.69. The van der Waals surface area contributed by atoms with E-state index in [1.54, 1.807) is 19.4 Å². The fourth-order valence-electron chi connectivity index (χ4n) is 2.41. The van der Waals surface area contributed by atoms with Gasteiger partial charge in [-0.1, -0.05) is 18.2 Å². The van der Waals surface area contributed by atoms with E-state index in [1.807, 2.05) is 24.4 Å². The molecule has 0 radical (unpaired) electrons. The van der Waals surface area contributed by atoms with Crippen LogP contribution in [0.25, 0.3) is 0 Å². The SMILES string of the molecule is COc1cccc(CN(CCN(C)C)Cc2cccnc2)c1O. The Morgan fingerprint density at radius 2 is 1.91 bits per heavy atom.